The molecular formula is C30H36N2O6. The van der Waals surface area contributed by atoms with Crippen LogP contribution in [0.15, 0.2) is 60.3 Å². The Hall–Kier alpha value is -3.81. The van der Waals surface area contributed by atoms with Gasteiger partial charge in [-0.2, -0.15) is 0 Å². The summed E-state index contributed by atoms with van der Waals surface area (Å²) in [4.78, 5) is 41.9. The third kappa shape index (κ3) is 5.69. The first-order valence-corrected chi connectivity index (χ1v) is 13.0. The summed E-state index contributed by atoms with van der Waals surface area (Å²) in [6, 6.07) is 15.2. The van der Waals surface area contributed by atoms with Gasteiger partial charge in [0.05, 0.1) is 27.9 Å². The van der Waals surface area contributed by atoms with E-state index in [1.54, 1.807) is 31.3 Å². The molecule has 2 amide bonds. The summed E-state index contributed by atoms with van der Waals surface area (Å²) in [5.74, 6) is -0.188. The van der Waals surface area contributed by atoms with Crippen LogP contribution in [0.5, 0.6) is 11.5 Å². The van der Waals surface area contributed by atoms with Crippen molar-refractivity contribution in [2.24, 2.45) is 11.3 Å². The molecule has 1 N–H and O–H groups in total. The second kappa shape index (κ2) is 12.2. The molecule has 1 heterocycles. The number of allylic oxidation sites excluding steroid dienone is 1. The van der Waals surface area contributed by atoms with Gasteiger partial charge in [0.2, 0.25) is 11.8 Å². The lowest BCUT2D eigenvalue weighted by molar-refractivity contribution is -0.160. The van der Waals surface area contributed by atoms with Crippen molar-refractivity contribution in [2.45, 2.75) is 51.6 Å². The van der Waals surface area contributed by atoms with Gasteiger partial charge in [0.25, 0.3) is 0 Å². The first-order chi connectivity index (χ1) is 18.4. The lowest BCUT2D eigenvalue weighted by Crippen LogP contribution is -2.53. The van der Waals surface area contributed by atoms with Crippen LogP contribution in [0, 0.1) is 11.3 Å². The van der Waals surface area contributed by atoms with Crippen molar-refractivity contribution in [3.05, 3.63) is 71.4 Å². The van der Waals surface area contributed by atoms with Crippen molar-refractivity contribution >= 4 is 17.8 Å². The molecule has 2 aromatic carbocycles. The van der Waals surface area contributed by atoms with Crippen LogP contribution in [-0.2, 0) is 32.2 Å². The van der Waals surface area contributed by atoms with Crippen LogP contribution in [0.25, 0.3) is 0 Å². The van der Waals surface area contributed by atoms with Gasteiger partial charge in [-0.25, -0.2) is 0 Å². The molecule has 0 bridgehead atoms. The van der Waals surface area contributed by atoms with E-state index in [1.165, 1.54) is 7.11 Å². The molecule has 2 atom stereocenters. The number of methoxy groups -OCH3 is 3. The zero-order valence-electron chi connectivity index (χ0n) is 22.3. The minimum absolute atomic E-state index is 0.0105. The van der Waals surface area contributed by atoms with Crippen molar-refractivity contribution in [3.63, 3.8) is 0 Å². The third-order valence-corrected chi connectivity index (χ3v) is 7.52. The Morgan fingerprint density at radius 2 is 1.76 bits per heavy atom. The summed E-state index contributed by atoms with van der Waals surface area (Å²) in [6.45, 7) is 0.620. The van der Waals surface area contributed by atoms with Gasteiger partial charge in [-0.1, -0.05) is 48.9 Å². The molecule has 2 aromatic rings. The molecule has 0 spiro atoms. The van der Waals surface area contributed by atoms with Gasteiger partial charge in [0.1, 0.15) is 5.41 Å². The first-order valence-electron chi connectivity index (χ1n) is 13.0. The smallest absolute Gasteiger partial charge is 0.317 e. The molecule has 8 heteroatoms. The number of nitrogens with one attached hydrogen (secondary N) is 1. The lowest BCUT2D eigenvalue weighted by Gasteiger charge is -2.46. The number of benzene rings is 2. The van der Waals surface area contributed by atoms with Crippen LogP contribution >= 0.6 is 0 Å². The van der Waals surface area contributed by atoms with Gasteiger partial charge < -0.3 is 24.4 Å². The van der Waals surface area contributed by atoms with E-state index >= 15 is 0 Å². The van der Waals surface area contributed by atoms with E-state index in [9.17, 15) is 14.4 Å². The molecule has 0 saturated carbocycles. The summed E-state index contributed by atoms with van der Waals surface area (Å²) in [6.07, 6.45) is 5.45. The van der Waals surface area contributed by atoms with Gasteiger partial charge >= 0.3 is 5.97 Å². The van der Waals surface area contributed by atoms with E-state index in [-0.39, 0.29) is 37.2 Å². The van der Waals surface area contributed by atoms with Gasteiger partial charge in [-0.3, -0.25) is 14.4 Å². The monoisotopic (exact) mass is 520 g/mol. The van der Waals surface area contributed by atoms with Crippen molar-refractivity contribution < 1.29 is 28.6 Å². The van der Waals surface area contributed by atoms with Crippen LogP contribution in [0.2, 0.25) is 0 Å². The van der Waals surface area contributed by atoms with E-state index < -0.39 is 11.3 Å². The Morgan fingerprint density at radius 3 is 2.47 bits per heavy atom. The number of hydrogen-bond acceptors (Lipinski definition) is 6. The van der Waals surface area contributed by atoms with Crippen molar-refractivity contribution in [3.8, 4) is 11.5 Å². The zero-order valence-corrected chi connectivity index (χ0v) is 22.3. The highest BCUT2D eigenvalue weighted by atomic mass is 16.5. The Bertz CT molecular complexity index is 1190. The quantitative estimate of drug-likeness (QED) is 0.494. The fraction of sp³-hybridized carbons (Fsp3) is 0.433. The lowest BCUT2D eigenvalue weighted by atomic mass is 9.69. The normalized spacial score (nSPS) is 21.0. The van der Waals surface area contributed by atoms with Crippen molar-refractivity contribution in [1.82, 2.24) is 10.2 Å². The molecule has 1 saturated heterocycles. The van der Waals surface area contributed by atoms with Gasteiger partial charge in [-0.15, -0.1) is 0 Å². The second-order valence-corrected chi connectivity index (χ2v) is 9.89. The predicted molar refractivity (Wildman–Crippen MR) is 142 cm³/mol. The summed E-state index contributed by atoms with van der Waals surface area (Å²) < 4.78 is 15.9. The van der Waals surface area contributed by atoms with Crippen LogP contribution < -0.4 is 14.8 Å². The molecule has 202 valence electrons. The molecule has 0 unspecified atom stereocenters. The average Bonchev–Trinajstić information content (AvgIpc) is 3.17. The summed E-state index contributed by atoms with van der Waals surface area (Å²) in [5, 5.41) is 2.92. The highest BCUT2D eigenvalue weighted by Gasteiger charge is 2.53. The minimum Gasteiger partial charge on any atom is -0.493 e. The van der Waals surface area contributed by atoms with Gasteiger partial charge in [0.15, 0.2) is 11.5 Å². The Labute approximate surface area is 223 Å². The fourth-order valence-electron chi connectivity index (χ4n) is 5.62. The maximum atomic E-state index is 13.8. The second-order valence-electron chi connectivity index (χ2n) is 9.89. The topological polar surface area (TPSA) is 94.2 Å². The Morgan fingerprint density at radius 1 is 1.00 bits per heavy atom. The van der Waals surface area contributed by atoms with Crippen LogP contribution in [0.3, 0.4) is 0 Å². The van der Waals surface area contributed by atoms with E-state index in [2.05, 4.69) is 5.32 Å². The number of carbonyl (C=O) groups excluding carboxylic acids is 3. The van der Waals surface area contributed by atoms with Crippen molar-refractivity contribution in [2.75, 3.05) is 21.3 Å². The number of amides is 2. The molecule has 4 rings (SSSR count). The van der Waals surface area contributed by atoms with E-state index in [0.29, 0.717) is 24.5 Å². The Kier molecular flexibility index (Phi) is 8.71. The number of esters is 1. The molecular weight excluding hydrogens is 484 g/mol. The average molecular weight is 521 g/mol. The minimum atomic E-state index is -0.942. The van der Waals surface area contributed by atoms with Crippen molar-refractivity contribution in [1.29, 1.82) is 0 Å². The van der Waals surface area contributed by atoms with Crippen LogP contribution in [0.4, 0.5) is 0 Å². The number of likely N-dealkylation sites (tertiary alicyclic amines) is 1. The van der Waals surface area contributed by atoms with Gasteiger partial charge in [-0.05, 0) is 48.9 Å². The number of rotatable bonds is 9. The summed E-state index contributed by atoms with van der Waals surface area (Å²) >= 11 is 0. The van der Waals surface area contributed by atoms with Crippen LogP contribution in [0.1, 0.15) is 49.7 Å². The highest BCUT2D eigenvalue weighted by Crippen LogP contribution is 2.49. The molecule has 1 aliphatic heterocycles. The maximum Gasteiger partial charge on any atom is 0.317 e. The molecule has 8 nitrogen and oxygen atoms in total. The number of fused-ring (bicyclic) bond motifs is 1. The number of hydrogen-bond donors (Lipinski definition) is 1. The number of nitrogens with zero attached hydrogens (tertiary/aromatic N) is 1. The third-order valence-electron chi connectivity index (χ3n) is 7.52. The number of piperidine rings is 1. The summed E-state index contributed by atoms with van der Waals surface area (Å²) in [7, 11) is 4.52. The van der Waals surface area contributed by atoms with E-state index in [1.807, 2.05) is 42.5 Å². The van der Waals surface area contributed by atoms with E-state index in [4.69, 9.17) is 14.2 Å². The molecule has 38 heavy (non-hydrogen) atoms. The molecule has 2 aliphatic rings. The predicted octanol–water partition coefficient (Wildman–Crippen LogP) is 4.38. The molecule has 0 aromatic heterocycles. The summed E-state index contributed by atoms with van der Waals surface area (Å²) in [5.41, 5.74) is 1.58. The fourth-order valence-corrected chi connectivity index (χ4v) is 5.62. The zero-order chi connectivity index (χ0) is 27.1. The standard InChI is InChI=1S/C30H36N2O6/c1-36-24-14-13-22(16-25(24)37-2)19-31-27(33)17-23-18-30(29(35)38-3)15-9-5-8-12-26(30)32(28(23)34)20-21-10-6-4-7-11-21/h4,6-7,10-14,16,23H,5,8-9,15,17-20H2,1-3H3,(H,31,33)/t23-,30+/m1/s1. The van der Waals surface area contributed by atoms with Crippen LogP contribution in [-0.4, -0.2) is 44.0 Å². The highest BCUT2D eigenvalue weighted by molar-refractivity contribution is 5.92. The molecule has 1 aliphatic carbocycles. The molecule has 1 fully saturated rings. The largest absolute Gasteiger partial charge is 0.493 e. The SMILES string of the molecule is COC(=O)[C@]12CCCCC=C1N(Cc1ccccc1)C(=O)[C@H](CC(=O)NCc1ccc(OC)c(OC)c1)C2. The van der Waals surface area contributed by atoms with Gasteiger partial charge in [0, 0.05) is 24.6 Å². The number of ether oxygens (including phenoxy) is 3. The maximum absolute atomic E-state index is 13.8. The Balaban J connectivity index is 1.56. The first kappa shape index (κ1) is 27.2. The van der Waals surface area contributed by atoms with E-state index in [0.717, 1.165) is 36.1 Å². The molecule has 0 radical (unpaired) electrons. The number of carbonyl (C=O) groups is 3.